The number of halogens is 2. The fraction of sp³-hybridized carbons (Fsp3) is 0.364. The SMILES string of the molecule is CC1COCC(=O)N1c1cc(Br)cc(F)c1N. The number of morpholine rings is 1. The average molecular weight is 303 g/mol. The highest BCUT2D eigenvalue weighted by molar-refractivity contribution is 9.10. The lowest BCUT2D eigenvalue weighted by atomic mass is 10.1. The molecule has 1 aromatic rings. The van der Waals surface area contributed by atoms with Crippen LogP contribution in [0, 0.1) is 5.82 Å². The minimum atomic E-state index is -0.541. The Bertz CT molecular complexity index is 467. The smallest absolute Gasteiger partial charge is 0.253 e. The number of ether oxygens (including phenoxy) is 1. The molecule has 0 bridgehead atoms. The van der Waals surface area contributed by atoms with Crippen molar-refractivity contribution >= 4 is 33.2 Å². The third-order valence-corrected chi connectivity index (χ3v) is 3.08. The van der Waals surface area contributed by atoms with Gasteiger partial charge in [-0.2, -0.15) is 0 Å². The molecule has 6 heteroatoms. The molecule has 1 heterocycles. The Kier molecular flexibility index (Phi) is 3.35. The van der Waals surface area contributed by atoms with E-state index in [1.807, 2.05) is 6.92 Å². The van der Waals surface area contributed by atoms with Crippen LogP contribution in [0.15, 0.2) is 16.6 Å². The second-order valence-electron chi connectivity index (χ2n) is 3.95. The van der Waals surface area contributed by atoms with Gasteiger partial charge in [0, 0.05) is 4.47 Å². The van der Waals surface area contributed by atoms with Gasteiger partial charge in [0.25, 0.3) is 5.91 Å². The van der Waals surface area contributed by atoms with E-state index in [1.54, 1.807) is 6.07 Å². The van der Waals surface area contributed by atoms with Gasteiger partial charge in [-0.25, -0.2) is 4.39 Å². The Hall–Kier alpha value is -1.14. The largest absolute Gasteiger partial charge is 0.395 e. The van der Waals surface area contributed by atoms with Crippen LogP contribution in [-0.2, 0) is 9.53 Å². The number of nitrogens with two attached hydrogens (primary N) is 1. The number of anilines is 2. The average Bonchev–Trinajstić information content (AvgIpc) is 2.24. The zero-order valence-corrected chi connectivity index (χ0v) is 10.8. The predicted molar refractivity (Wildman–Crippen MR) is 66.3 cm³/mol. The number of nitrogen functional groups attached to an aromatic ring is 1. The summed E-state index contributed by atoms with van der Waals surface area (Å²) < 4.78 is 19.2. The molecule has 2 rings (SSSR count). The van der Waals surface area contributed by atoms with E-state index >= 15 is 0 Å². The molecule has 92 valence electrons. The summed E-state index contributed by atoms with van der Waals surface area (Å²) >= 11 is 3.19. The minimum absolute atomic E-state index is 0.00207. The van der Waals surface area contributed by atoms with Gasteiger partial charge in [0.15, 0.2) is 0 Å². The Balaban J connectivity index is 2.48. The molecule has 1 aliphatic rings. The topological polar surface area (TPSA) is 55.6 Å². The van der Waals surface area contributed by atoms with Crippen molar-refractivity contribution in [2.75, 3.05) is 23.8 Å². The summed E-state index contributed by atoms with van der Waals surface area (Å²) in [5.74, 6) is -0.756. The molecule has 17 heavy (non-hydrogen) atoms. The molecule has 4 nitrogen and oxygen atoms in total. The van der Waals surface area contributed by atoms with Gasteiger partial charge in [0.05, 0.1) is 24.0 Å². The quantitative estimate of drug-likeness (QED) is 0.807. The van der Waals surface area contributed by atoms with Crippen molar-refractivity contribution < 1.29 is 13.9 Å². The van der Waals surface area contributed by atoms with E-state index in [2.05, 4.69) is 15.9 Å². The first-order valence-electron chi connectivity index (χ1n) is 5.15. The summed E-state index contributed by atoms with van der Waals surface area (Å²) in [5.41, 5.74) is 6.04. The molecule has 0 radical (unpaired) electrons. The van der Waals surface area contributed by atoms with Crippen LogP contribution >= 0.6 is 15.9 Å². The molecule has 1 unspecified atom stereocenters. The van der Waals surface area contributed by atoms with E-state index in [9.17, 15) is 9.18 Å². The number of carbonyl (C=O) groups is 1. The van der Waals surface area contributed by atoms with Crippen molar-refractivity contribution in [1.29, 1.82) is 0 Å². The summed E-state index contributed by atoms with van der Waals surface area (Å²) in [7, 11) is 0. The summed E-state index contributed by atoms with van der Waals surface area (Å²) in [6, 6.07) is 2.75. The lowest BCUT2D eigenvalue weighted by molar-refractivity contribution is -0.127. The van der Waals surface area contributed by atoms with Crippen molar-refractivity contribution in [1.82, 2.24) is 0 Å². The maximum atomic E-state index is 13.5. The van der Waals surface area contributed by atoms with Gasteiger partial charge in [-0.05, 0) is 19.1 Å². The van der Waals surface area contributed by atoms with Crippen molar-refractivity contribution in [3.8, 4) is 0 Å². The normalized spacial score (nSPS) is 20.8. The molecule has 1 aromatic carbocycles. The lowest BCUT2D eigenvalue weighted by Gasteiger charge is -2.34. The van der Waals surface area contributed by atoms with Crippen LogP contribution in [-0.4, -0.2) is 25.2 Å². The third kappa shape index (κ3) is 2.28. The molecule has 0 aliphatic carbocycles. The van der Waals surface area contributed by atoms with E-state index < -0.39 is 5.82 Å². The second-order valence-corrected chi connectivity index (χ2v) is 4.86. The first-order chi connectivity index (χ1) is 8.00. The zero-order valence-electron chi connectivity index (χ0n) is 9.24. The van der Waals surface area contributed by atoms with Crippen LogP contribution in [0.1, 0.15) is 6.92 Å². The van der Waals surface area contributed by atoms with Gasteiger partial charge in [0.2, 0.25) is 0 Å². The molecular weight excluding hydrogens is 291 g/mol. The summed E-state index contributed by atoms with van der Waals surface area (Å²) in [4.78, 5) is 13.3. The molecule has 2 N–H and O–H groups in total. The first kappa shape index (κ1) is 12.3. The summed E-state index contributed by atoms with van der Waals surface area (Å²) in [6.45, 7) is 2.24. The standard InChI is InChI=1S/C11H12BrFN2O2/c1-6-4-17-5-10(16)15(6)9-3-7(12)2-8(13)11(9)14/h2-3,6H,4-5,14H2,1H3. The van der Waals surface area contributed by atoms with Crippen LogP contribution in [0.25, 0.3) is 0 Å². The molecule has 0 aromatic heterocycles. The van der Waals surface area contributed by atoms with Crippen molar-refractivity contribution in [3.05, 3.63) is 22.4 Å². The Morgan fingerprint density at radius 3 is 2.94 bits per heavy atom. The lowest BCUT2D eigenvalue weighted by Crippen LogP contribution is -2.48. The molecule has 1 fully saturated rings. The molecule has 1 atom stereocenters. The van der Waals surface area contributed by atoms with Crippen LogP contribution < -0.4 is 10.6 Å². The minimum Gasteiger partial charge on any atom is -0.395 e. The Labute approximate surface area is 107 Å². The highest BCUT2D eigenvalue weighted by Crippen LogP contribution is 2.32. The van der Waals surface area contributed by atoms with E-state index in [0.29, 0.717) is 16.8 Å². The number of hydrogen-bond donors (Lipinski definition) is 1. The maximum Gasteiger partial charge on any atom is 0.253 e. The van der Waals surface area contributed by atoms with E-state index in [-0.39, 0.29) is 24.2 Å². The van der Waals surface area contributed by atoms with Crippen molar-refractivity contribution in [2.24, 2.45) is 0 Å². The molecule has 0 saturated carbocycles. The van der Waals surface area contributed by atoms with Gasteiger partial charge in [-0.15, -0.1) is 0 Å². The zero-order chi connectivity index (χ0) is 12.6. The fourth-order valence-corrected chi connectivity index (χ4v) is 2.27. The number of rotatable bonds is 1. The number of amides is 1. The highest BCUT2D eigenvalue weighted by atomic mass is 79.9. The highest BCUT2D eigenvalue weighted by Gasteiger charge is 2.29. The summed E-state index contributed by atoms with van der Waals surface area (Å²) in [6.07, 6.45) is 0. The van der Waals surface area contributed by atoms with Crippen molar-refractivity contribution in [2.45, 2.75) is 13.0 Å². The van der Waals surface area contributed by atoms with Gasteiger partial charge in [0.1, 0.15) is 12.4 Å². The fourth-order valence-electron chi connectivity index (χ4n) is 1.85. The van der Waals surface area contributed by atoms with Crippen LogP contribution in [0.2, 0.25) is 0 Å². The van der Waals surface area contributed by atoms with Crippen LogP contribution in [0.5, 0.6) is 0 Å². The van der Waals surface area contributed by atoms with Crippen LogP contribution in [0.3, 0.4) is 0 Å². The van der Waals surface area contributed by atoms with E-state index in [0.717, 1.165) is 0 Å². The molecular formula is C11H12BrFN2O2. The number of carbonyl (C=O) groups excluding carboxylic acids is 1. The Morgan fingerprint density at radius 1 is 1.59 bits per heavy atom. The number of nitrogens with zero attached hydrogens (tertiary/aromatic N) is 1. The predicted octanol–water partition coefficient (Wildman–Crippen LogP) is 1.92. The van der Waals surface area contributed by atoms with Crippen molar-refractivity contribution in [3.63, 3.8) is 0 Å². The Morgan fingerprint density at radius 2 is 2.29 bits per heavy atom. The van der Waals surface area contributed by atoms with E-state index in [1.165, 1.54) is 11.0 Å². The molecule has 1 amide bonds. The first-order valence-corrected chi connectivity index (χ1v) is 5.94. The van der Waals surface area contributed by atoms with Crippen LogP contribution in [0.4, 0.5) is 15.8 Å². The number of benzene rings is 1. The monoisotopic (exact) mass is 302 g/mol. The van der Waals surface area contributed by atoms with Gasteiger partial charge in [-0.3, -0.25) is 4.79 Å². The molecule has 0 spiro atoms. The third-order valence-electron chi connectivity index (χ3n) is 2.63. The molecule has 1 saturated heterocycles. The number of hydrogen-bond acceptors (Lipinski definition) is 3. The second kappa shape index (κ2) is 4.62. The van der Waals surface area contributed by atoms with Gasteiger partial charge < -0.3 is 15.4 Å². The van der Waals surface area contributed by atoms with E-state index in [4.69, 9.17) is 10.5 Å². The van der Waals surface area contributed by atoms with Gasteiger partial charge >= 0.3 is 0 Å². The maximum absolute atomic E-state index is 13.5. The molecule has 1 aliphatic heterocycles. The summed E-state index contributed by atoms with van der Waals surface area (Å²) in [5, 5.41) is 0. The van der Waals surface area contributed by atoms with Gasteiger partial charge in [-0.1, -0.05) is 15.9 Å².